The van der Waals surface area contributed by atoms with Gasteiger partial charge in [0.05, 0.1) is 13.7 Å². The number of ketones is 1. The number of benzene rings is 2. The maximum Gasteiger partial charge on any atom is 0.317 e. The number of halogens is 2. The van der Waals surface area contributed by atoms with Crippen LogP contribution in [0.4, 0.5) is 8.78 Å². The van der Waals surface area contributed by atoms with Gasteiger partial charge in [-0.15, -0.1) is 0 Å². The molecule has 5 nitrogen and oxygen atoms in total. The van der Waals surface area contributed by atoms with Gasteiger partial charge in [-0.1, -0.05) is 6.07 Å². The smallest absolute Gasteiger partial charge is 0.317 e. The summed E-state index contributed by atoms with van der Waals surface area (Å²) >= 11 is 0. The van der Waals surface area contributed by atoms with Crippen molar-refractivity contribution < 1.29 is 27.8 Å². The molecule has 144 valence electrons. The van der Waals surface area contributed by atoms with Crippen LogP contribution in [0.2, 0.25) is 0 Å². The van der Waals surface area contributed by atoms with Gasteiger partial charge in [-0.2, -0.15) is 0 Å². The van der Waals surface area contributed by atoms with E-state index in [1.807, 2.05) is 0 Å². The van der Waals surface area contributed by atoms with Gasteiger partial charge in [0.1, 0.15) is 11.7 Å². The fraction of sp³-hybridized carbons (Fsp3) is 0.300. The summed E-state index contributed by atoms with van der Waals surface area (Å²) < 4.78 is 37.0. The van der Waals surface area contributed by atoms with Crippen LogP contribution in [0.15, 0.2) is 42.5 Å². The van der Waals surface area contributed by atoms with Crippen molar-refractivity contribution in [1.29, 1.82) is 0 Å². The lowest BCUT2D eigenvalue weighted by Gasteiger charge is -2.24. The topological polar surface area (TPSA) is 78.6 Å². The molecule has 27 heavy (non-hydrogen) atoms. The van der Waals surface area contributed by atoms with Gasteiger partial charge in [-0.3, -0.25) is 9.59 Å². The first-order valence-electron chi connectivity index (χ1n) is 8.42. The van der Waals surface area contributed by atoms with Crippen LogP contribution in [0, 0.1) is 17.6 Å². The fourth-order valence-corrected chi connectivity index (χ4v) is 2.83. The van der Waals surface area contributed by atoms with E-state index in [1.54, 1.807) is 19.1 Å². The summed E-state index contributed by atoms with van der Waals surface area (Å²) in [6.07, 6.45) is 0. The number of rotatable bonds is 8. The van der Waals surface area contributed by atoms with Gasteiger partial charge in [0.25, 0.3) is 0 Å². The number of carbonyl (C=O) groups excluding carboxylic acids is 2. The normalized spacial score (nSPS) is 12.9. The molecule has 0 bridgehead atoms. The van der Waals surface area contributed by atoms with Crippen LogP contribution in [0.25, 0.3) is 0 Å². The van der Waals surface area contributed by atoms with Crippen molar-refractivity contribution in [3.63, 3.8) is 0 Å². The number of nitrogens with two attached hydrogens (primary N) is 1. The molecule has 0 heterocycles. The molecule has 2 aromatic carbocycles. The molecular weight excluding hydrogens is 356 g/mol. The molecular formula is C20H21F2NO4. The molecule has 0 aliphatic carbocycles. The maximum atomic E-state index is 13.7. The Morgan fingerprint density at radius 2 is 1.74 bits per heavy atom. The molecule has 0 spiro atoms. The molecule has 2 rings (SSSR count). The third-order valence-electron chi connectivity index (χ3n) is 4.23. The summed E-state index contributed by atoms with van der Waals surface area (Å²) in [6.45, 7) is 1.55. The standard InChI is InChI=1S/C20H21F2NO4/c1-3-27-20(25)18(19(24)12-4-7-14(26-2)8-5-12)15(11-23)13-6-9-16(21)17(22)10-13/h4-10,15,18H,3,11,23H2,1-2H3. The Labute approximate surface area is 156 Å². The van der Waals surface area contributed by atoms with E-state index in [0.29, 0.717) is 5.75 Å². The highest BCUT2D eigenvalue weighted by molar-refractivity contribution is 6.09. The van der Waals surface area contributed by atoms with Gasteiger partial charge in [0.2, 0.25) is 0 Å². The zero-order valence-electron chi connectivity index (χ0n) is 15.1. The Bertz CT molecular complexity index is 808. The molecule has 2 N–H and O–H groups in total. The number of Topliss-reactive ketones (excluding diaryl/α,β-unsaturated/α-hetero) is 1. The van der Waals surface area contributed by atoms with Gasteiger partial charge in [0.15, 0.2) is 17.4 Å². The zero-order chi connectivity index (χ0) is 20.0. The maximum absolute atomic E-state index is 13.7. The Kier molecular flexibility index (Phi) is 7.01. The van der Waals surface area contributed by atoms with Crippen molar-refractivity contribution in [3.8, 4) is 5.75 Å². The minimum absolute atomic E-state index is 0.0697. The Hall–Kier alpha value is -2.80. The number of carbonyl (C=O) groups is 2. The number of esters is 1. The van der Waals surface area contributed by atoms with Gasteiger partial charge >= 0.3 is 5.97 Å². The first-order chi connectivity index (χ1) is 12.9. The minimum Gasteiger partial charge on any atom is -0.497 e. The third kappa shape index (κ3) is 4.68. The summed E-state index contributed by atoms with van der Waals surface area (Å²) in [5.41, 5.74) is 6.30. The van der Waals surface area contributed by atoms with Crippen LogP contribution in [-0.2, 0) is 9.53 Å². The van der Waals surface area contributed by atoms with Crippen molar-refractivity contribution in [1.82, 2.24) is 0 Å². The van der Waals surface area contributed by atoms with Crippen molar-refractivity contribution in [3.05, 3.63) is 65.2 Å². The van der Waals surface area contributed by atoms with Gasteiger partial charge in [-0.05, 0) is 48.9 Å². The fourth-order valence-electron chi connectivity index (χ4n) is 2.83. The van der Waals surface area contributed by atoms with E-state index >= 15 is 0 Å². The molecule has 0 aliphatic heterocycles. The molecule has 0 aliphatic rings. The van der Waals surface area contributed by atoms with Crippen molar-refractivity contribution in [2.45, 2.75) is 12.8 Å². The van der Waals surface area contributed by atoms with E-state index in [4.69, 9.17) is 15.2 Å². The first kappa shape index (κ1) is 20.5. The van der Waals surface area contributed by atoms with Crippen LogP contribution < -0.4 is 10.5 Å². The number of hydrogen-bond donors (Lipinski definition) is 1. The number of hydrogen-bond acceptors (Lipinski definition) is 5. The highest BCUT2D eigenvalue weighted by Crippen LogP contribution is 2.30. The molecule has 2 unspecified atom stereocenters. The van der Waals surface area contributed by atoms with Crippen LogP contribution in [-0.4, -0.2) is 32.0 Å². The second kappa shape index (κ2) is 9.23. The third-order valence-corrected chi connectivity index (χ3v) is 4.23. The van der Waals surface area contributed by atoms with E-state index in [0.717, 1.165) is 12.1 Å². The Morgan fingerprint density at radius 3 is 2.26 bits per heavy atom. The highest BCUT2D eigenvalue weighted by Gasteiger charge is 2.37. The van der Waals surface area contributed by atoms with Gasteiger partial charge < -0.3 is 15.2 Å². The largest absolute Gasteiger partial charge is 0.497 e. The van der Waals surface area contributed by atoms with E-state index in [2.05, 4.69) is 0 Å². The van der Waals surface area contributed by atoms with E-state index in [1.165, 1.54) is 25.3 Å². The zero-order valence-corrected chi connectivity index (χ0v) is 15.1. The molecule has 2 aromatic rings. The predicted octanol–water partition coefficient (Wildman–Crippen LogP) is 3.08. The number of ether oxygens (including phenoxy) is 2. The van der Waals surface area contributed by atoms with Gasteiger partial charge in [0, 0.05) is 18.0 Å². The van der Waals surface area contributed by atoms with Crippen LogP contribution in [0.5, 0.6) is 5.75 Å². The lowest BCUT2D eigenvalue weighted by Crippen LogP contribution is -2.35. The summed E-state index contributed by atoms with van der Waals surface area (Å²) in [6, 6.07) is 9.41. The second-order valence-corrected chi connectivity index (χ2v) is 5.84. The second-order valence-electron chi connectivity index (χ2n) is 5.84. The van der Waals surface area contributed by atoms with Crippen molar-refractivity contribution >= 4 is 11.8 Å². The summed E-state index contributed by atoms with van der Waals surface area (Å²) in [7, 11) is 1.49. The monoisotopic (exact) mass is 377 g/mol. The molecule has 0 fully saturated rings. The molecule has 0 radical (unpaired) electrons. The molecule has 7 heteroatoms. The van der Waals surface area contributed by atoms with Gasteiger partial charge in [-0.25, -0.2) is 8.78 Å². The number of methoxy groups -OCH3 is 1. The lowest BCUT2D eigenvalue weighted by atomic mass is 9.81. The SMILES string of the molecule is CCOC(=O)C(C(=O)c1ccc(OC)cc1)C(CN)c1ccc(F)c(F)c1. The average molecular weight is 377 g/mol. The van der Waals surface area contributed by atoms with Crippen LogP contribution in [0.3, 0.4) is 0 Å². The van der Waals surface area contributed by atoms with Crippen molar-refractivity contribution in [2.24, 2.45) is 11.7 Å². The van der Waals surface area contributed by atoms with E-state index in [-0.39, 0.29) is 24.3 Å². The summed E-state index contributed by atoms with van der Waals surface area (Å²) in [4.78, 5) is 25.5. The molecule has 0 aromatic heterocycles. The van der Waals surface area contributed by atoms with E-state index < -0.39 is 35.2 Å². The van der Waals surface area contributed by atoms with Crippen LogP contribution in [0.1, 0.15) is 28.8 Å². The van der Waals surface area contributed by atoms with E-state index in [9.17, 15) is 18.4 Å². The van der Waals surface area contributed by atoms with Crippen LogP contribution >= 0.6 is 0 Å². The molecule has 0 saturated carbocycles. The summed E-state index contributed by atoms with van der Waals surface area (Å²) in [5.74, 6) is -4.99. The Morgan fingerprint density at radius 1 is 1.07 bits per heavy atom. The molecule has 0 amide bonds. The summed E-state index contributed by atoms with van der Waals surface area (Å²) in [5, 5.41) is 0. The predicted molar refractivity (Wildman–Crippen MR) is 95.6 cm³/mol. The lowest BCUT2D eigenvalue weighted by molar-refractivity contribution is -0.146. The average Bonchev–Trinajstić information content (AvgIpc) is 2.68. The quantitative estimate of drug-likeness (QED) is 0.435. The minimum atomic E-state index is -1.28. The Balaban J connectivity index is 2.45. The van der Waals surface area contributed by atoms with Crippen molar-refractivity contribution in [2.75, 3.05) is 20.3 Å². The molecule has 0 saturated heterocycles. The first-order valence-corrected chi connectivity index (χ1v) is 8.42. The molecule has 2 atom stereocenters. The highest BCUT2D eigenvalue weighted by atomic mass is 19.2.